The molecule has 1 aromatic carbocycles. The molecule has 0 spiro atoms. The predicted molar refractivity (Wildman–Crippen MR) is 86.5 cm³/mol. The van der Waals surface area contributed by atoms with Gasteiger partial charge in [0.15, 0.2) is 0 Å². The van der Waals surface area contributed by atoms with Crippen LogP contribution in [0.3, 0.4) is 0 Å². The van der Waals surface area contributed by atoms with Crippen LogP contribution in [0.15, 0.2) is 23.1 Å². The normalized spacial score (nSPS) is 18.9. The molecular formula is C16H24N2O2S. The molecule has 1 aromatic rings. The molecule has 0 saturated carbocycles. The third-order valence-corrected chi connectivity index (χ3v) is 5.85. The van der Waals surface area contributed by atoms with E-state index in [1.807, 2.05) is 11.8 Å². The Morgan fingerprint density at radius 2 is 1.86 bits per heavy atom. The lowest BCUT2D eigenvalue weighted by molar-refractivity contribution is -0.130. The van der Waals surface area contributed by atoms with E-state index < -0.39 is 16.0 Å². The minimum atomic E-state index is -1.36. The lowest BCUT2D eigenvalue weighted by Gasteiger charge is -2.24. The van der Waals surface area contributed by atoms with E-state index >= 15 is 0 Å². The second-order valence-corrected chi connectivity index (χ2v) is 7.39. The number of rotatable bonds is 3. The average Bonchev–Trinajstić information content (AvgIpc) is 2.77. The molecule has 1 amide bonds. The molecule has 4 nitrogen and oxygen atoms in total. The maximum atomic E-state index is 12.7. The van der Waals surface area contributed by atoms with Crippen molar-refractivity contribution in [3.8, 4) is 0 Å². The highest BCUT2D eigenvalue weighted by Gasteiger charge is 2.27. The summed E-state index contributed by atoms with van der Waals surface area (Å²) in [6.45, 7) is 5.18. The van der Waals surface area contributed by atoms with Crippen LogP contribution >= 0.6 is 0 Å². The Labute approximate surface area is 129 Å². The van der Waals surface area contributed by atoms with E-state index in [0.29, 0.717) is 10.6 Å². The molecule has 2 N–H and O–H groups in total. The molecule has 0 aliphatic carbocycles. The summed E-state index contributed by atoms with van der Waals surface area (Å²) in [7, 11) is -1.36. The van der Waals surface area contributed by atoms with Gasteiger partial charge >= 0.3 is 0 Å². The summed E-state index contributed by atoms with van der Waals surface area (Å²) >= 11 is 0. The second-order valence-electron chi connectivity index (χ2n) is 5.65. The fourth-order valence-corrected chi connectivity index (χ4v) is 4.03. The van der Waals surface area contributed by atoms with Gasteiger partial charge in [-0.1, -0.05) is 18.9 Å². The molecule has 0 aromatic heterocycles. The number of anilines is 1. The number of amides is 1. The third-order valence-electron chi connectivity index (χ3n) is 4.13. The summed E-state index contributed by atoms with van der Waals surface area (Å²) in [6.07, 6.45) is 4.44. The van der Waals surface area contributed by atoms with E-state index in [0.717, 1.165) is 31.5 Å². The summed E-state index contributed by atoms with van der Waals surface area (Å²) in [5.41, 5.74) is 7.30. The number of likely N-dealkylation sites (tertiary alicyclic amines) is 1. The standard InChI is InChI=1S/C16H24N2O2S/c1-12-14(17)8-7-9-15(12)21(20)13(2)16(19)18-10-5-3-4-6-11-18/h7-9,13H,3-6,10-11,17H2,1-2H3. The Balaban J connectivity index is 2.14. The topological polar surface area (TPSA) is 63.4 Å². The lowest BCUT2D eigenvalue weighted by Crippen LogP contribution is -2.40. The summed E-state index contributed by atoms with van der Waals surface area (Å²) in [5, 5.41) is -0.524. The first kappa shape index (κ1) is 16.0. The van der Waals surface area contributed by atoms with Crippen LogP contribution in [0.25, 0.3) is 0 Å². The van der Waals surface area contributed by atoms with Crippen molar-refractivity contribution in [2.24, 2.45) is 0 Å². The van der Waals surface area contributed by atoms with Crippen molar-refractivity contribution >= 4 is 22.4 Å². The zero-order chi connectivity index (χ0) is 15.4. The van der Waals surface area contributed by atoms with Crippen molar-refractivity contribution < 1.29 is 9.00 Å². The Morgan fingerprint density at radius 1 is 1.24 bits per heavy atom. The van der Waals surface area contributed by atoms with Gasteiger partial charge in [-0.2, -0.15) is 0 Å². The molecule has 1 aliphatic heterocycles. The van der Waals surface area contributed by atoms with Crippen LogP contribution in [0.4, 0.5) is 5.69 Å². The van der Waals surface area contributed by atoms with Gasteiger partial charge in [-0.3, -0.25) is 9.00 Å². The molecule has 2 atom stereocenters. The summed E-state index contributed by atoms with van der Waals surface area (Å²) < 4.78 is 12.7. The Morgan fingerprint density at radius 3 is 2.48 bits per heavy atom. The molecule has 1 heterocycles. The summed E-state index contributed by atoms with van der Waals surface area (Å²) in [5.74, 6) is -0.00272. The van der Waals surface area contributed by atoms with Crippen molar-refractivity contribution in [1.82, 2.24) is 4.90 Å². The molecule has 1 saturated heterocycles. The molecule has 0 bridgehead atoms. The zero-order valence-corrected chi connectivity index (χ0v) is 13.6. The van der Waals surface area contributed by atoms with Crippen molar-refractivity contribution in [3.63, 3.8) is 0 Å². The van der Waals surface area contributed by atoms with E-state index in [9.17, 15) is 9.00 Å². The molecule has 2 unspecified atom stereocenters. The van der Waals surface area contributed by atoms with Crippen LogP contribution in [-0.2, 0) is 15.6 Å². The SMILES string of the molecule is Cc1c(N)cccc1S(=O)C(C)C(=O)N1CCCCCC1. The Hall–Kier alpha value is -1.36. The van der Waals surface area contributed by atoms with E-state index in [2.05, 4.69) is 0 Å². The highest BCUT2D eigenvalue weighted by Crippen LogP contribution is 2.22. The number of nitrogen functional groups attached to an aromatic ring is 1. The first-order chi connectivity index (χ1) is 10.0. The van der Waals surface area contributed by atoms with Gasteiger partial charge in [0.2, 0.25) is 5.91 Å². The molecule has 21 heavy (non-hydrogen) atoms. The van der Waals surface area contributed by atoms with Crippen LogP contribution in [0.1, 0.15) is 38.2 Å². The van der Waals surface area contributed by atoms with Crippen LogP contribution in [0.2, 0.25) is 0 Å². The van der Waals surface area contributed by atoms with Crippen LogP contribution in [0.5, 0.6) is 0 Å². The molecule has 1 fully saturated rings. The minimum absolute atomic E-state index is 0.00272. The van der Waals surface area contributed by atoms with Gasteiger partial charge in [-0.05, 0) is 44.4 Å². The maximum absolute atomic E-state index is 12.7. The highest BCUT2D eigenvalue weighted by atomic mass is 32.2. The lowest BCUT2D eigenvalue weighted by atomic mass is 10.2. The second kappa shape index (κ2) is 7.07. The fraction of sp³-hybridized carbons (Fsp3) is 0.562. The average molecular weight is 308 g/mol. The summed E-state index contributed by atoms with van der Waals surface area (Å²) in [4.78, 5) is 15.1. The van der Waals surface area contributed by atoms with Gasteiger partial charge in [0.25, 0.3) is 0 Å². The van der Waals surface area contributed by atoms with Gasteiger partial charge in [0.1, 0.15) is 5.25 Å². The molecule has 1 aliphatic rings. The van der Waals surface area contributed by atoms with Crippen molar-refractivity contribution in [3.05, 3.63) is 23.8 Å². The van der Waals surface area contributed by atoms with E-state index in [1.54, 1.807) is 25.1 Å². The molecule has 0 radical (unpaired) electrons. The van der Waals surface area contributed by atoms with E-state index in [1.165, 1.54) is 12.8 Å². The molecule has 2 rings (SSSR count). The first-order valence-electron chi connectivity index (χ1n) is 7.57. The Kier molecular flexibility index (Phi) is 5.39. The van der Waals surface area contributed by atoms with E-state index in [-0.39, 0.29) is 5.91 Å². The van der Waals surface area contributed by atoms with Crippen LogP contribution in [0, 0.1) is 6.92 Å². The quantitative estimate of drug-likeness (QED) is 0.873. The number of nitrogens with zero attached hydrogens (tertiary/aromatic N) is 1. The van der Waals surface area contributed by atoms with Gasteiger partial charge in [-0.25, -0.2) is 0 Å². The summed E-state index contributed by atoms with van der Waals surface area (Å²) in [6, 6.07) is 5.38. The smallest absolute Gasteiger partial charge is 0.238 e. The Bertz CT molecular complexity index is 537. The third kappa shape index (κ3) is 3.64. The van der Waals surface area contributed by atoms with Crippen molar-refractivity contribution in [2.45, 2.75) is 49.7 Å². The number of nitrogens with two attached hydrogens (primary N) is 1. The molecule has 116 valence electrons. The fourth-order valence-electron chi connectivity index (χ4n) is 2.68. The van der Waals surface area contributed by atoms with Gasteiger partial charge in [0.05, 0.1) is 10.8 Å². The maximum Gasteiger partial charge on any atom is 0.238 e. The highest BCUT2D eigenvalue weighted by molar-refractivity contribution is 7.86. The van der Waals surface area contributed by atoms with Gasteiger partial charge < -0.3 is 10.6 Å². The number of carbonyl (C=O) groups excluding carboxylic acids is 1. The largest absolute Gasteiger partial charge is 0.398 e. The van der Waals surface area contributed by atoms with Crippen molar-refractivity contribution in [1.29, 1.82) is 0 Å². The predicted octanol–water partition coefficient (Wildman–Crippen LogP) is 2.48. The molecular weight excluding hydrogens is 284 g/mol. The monoisotopic (exact) mass is 308 g/mol. The van der Waals surface area contributed by atoms with Gasteiger partial charge in [-0.15, -0.1) is 0 Å². The van der Waals surface area contributed by atoms with Crippen LogP contribution < -0.4 is 5.73 Å². The minimum Gasteiger partial charge on any atom is -0.398 e. The number of benzene rings is 1. The number of hydrogen-bond acceptors (Lipinski definition) is 3. The molecule has 5 heteroatoms. The van der Waals surface area contributed by atoms with E-state index in [4.69, 9.17) is 5.73 Å². The zero-order valence-electron chi connectivity index (χ0n) is 12.8. The van der Waals surface area contributed by atoms with Crippen molar-refractivity contribution in [2.75, 3.05) is 18.8 Å². The van der Waals surface area contributed by atoms with Gasteiger partial charge in [0, 0.05) is 23.7 Å². The first-order valence-corrected chi connectivity index (χ1v) is 8.78. The number of hydrogen-bond donors (Lipinski definition) is 1. The number of carbonyl (C=O) groups is 1. The van der Waals surface area contributed by atoms with Crippen LogP contribution in [-0.4, -0.2) is 33.4 Å².